The predicted octanol–water partition coefficient (Wildman–Crippen LogP) is 3.37. The maximum absolute atomic E-state index is 5.41. The number of ether oxygens (including phenoxy) is 2. The van der Waals surface area contributed by atoms with Crippen molar-refractivity contribution in [3.8, 4) is 11.5 Å². The summed E-state index contributed by atoms with van der Waals surface area (Å²) >= 11 is 1.77. The van der Waals surface area contributed by atoms with Crippen molar-refractivity contribution in [3.05, 3.63) is 45.6 Å². The van der Waals surface area contributed by atoms with Gasteiger partial charge in [0.05, 0.1) is 14.2 Å². The lowest BCUT2D eigenvalue weighted by atomic mass is 9.98. The van der Waals surface area contributed by atoms with Crippen molar-refractivity contribution < 1.29 is 9.47 Å². The van der Waals surface area contributed by atoms with Gasteiger partial charge in [0.25, 0.3) is 0 Å². The Morgan fingerprint density at radius 3 is 2.57 bits per heavy atom. The van der Waals surface area contributed by atoms with Gasteiger partial charge in [-0.2, -0.15) is 11.3 Å². The lowest BCUT2D eigenvalue weighted by Crippen LogP contribution is -2.32. The zero-order valence-corrected chi connectivity index (χ0v) is 13.4. The zero-order valence-electron chi connectivity index (χ0n) is 12.6. The number of benzene rings is 1. The fraction of sp³-hybridized carbons (Fsp3) is 0.412. The third-order valence-electron chi connectivity index (χ3n) is 4.09. The van der Waals surface area contributed by atoms with Crippen LogP contribution in [0.25, 0.3) is 0 Å². The number of rotatable bonds is 5. The Kier molecular flexibility index (Phi) is 4.46. The van der Waals surface area contributed by atoms with Gasteiger partial charge in [0.15, 0.2) is 11.5 Å². The average molecular weight is 303 g/mol. The SMILES string of the molecule is COc1cc2c(cc1OC)CN(CCc1ccsc1)CC2. The lowest BCUT2D eigenvalue weighted by Gasteiger charge is -2.29. The summed E-state index contributed by atoms with van der Waals surface area (Å²) in [7, 11) is 3.39. The molecule has 21 heavy (non-hydrogen) atoms. The molecule has 2 aromatic rings. The second-order valence-corrected chi connectivity index (χ2v) is 6.16. The van der Waals surface area contributed by atoms with Gasteiger partial charge in [-0.05, 0) is 58.5 Å². The highest BCUT2D eigenvalue weighted by Gasteiger charge is 2.19. The van der Waals surface area contributed by atoms with Crippen LogP contribution in [0.4, 0.5) is 0 Å². The quantitative estimate of drug-likeness (QED) is 0.845. The topological polar surface area (TPSA) is 21.7 Å². The minimum absolute atomic E-state index is 0.830. The first-order valence-electron chi connectivity index (χ1n) is 7.27. The van der Waals surface area contributed by atoms with E-state index in [2.05, 4.69) is 33.9 Å². The third kappa shape index (κ3) is 3.22. The van der Waals surface area contributed by atoms with Crippen LogP contribution in [-0.4, -0.2) is 32.2 Å². The van der Waals surface area contributed by atoms with Gasteiger partial charge < -0.3 is 9.47 Å². The van der Waals surface area contributed by atoms with Crippen LogP contribution in [-0.2, 0) is 19.4 Å². The van der Waals surface area contributed by atoms with Crippen LogP contribution in [0.15, 0.2) is 29.0 Å². The third-order valence-corrected chi connectivity index (χ3v) is 4.83. The highest BCUT2D eigenvalue weighted by atomic mass is 32.1. The molecule has 0 aliphatic carbocycles. The van der Waals surface area contributed by atoms with Gasteiger partial charge in [0, 0.05) is 19.6 Å². The first-order chi connectivity index (χ1) is 10.3. The van der Waals surface area contributed by atoms with Crippen molar-refractivity contribution in [2.24, 2.45) is 0 Å². The Hall–Kier alpha value is -1.52. The van der Waals surface area contributed by atoms with E-state index in [0.717, 1.165) is 44.0 Å². The van der Waals surface area contributed by atoms with Crippen LogP contribution in [0.1, 0.15) is 16.7 Å². The van der Waals surface area contributed by atoms with E-state index in [9.17, 15) is 0 Å². The normalized spacial score (nSPS) is 14.8. The van der Waals surface area contributed by atoms with E-state index < -0.39 is 0 Å². The largest absolute Gasteiger partial charge is 0.493 e. The van der Waals surface area contributed by atoms with E-state index in [0.29, 0.717) is 0 Å². The minimum atomic E-state index is 0.830. The van der Waals surface area contributed by atoms with Crippen LogP contribution >= 0.6 is 11.3 Å². The van der Waals surface area contributed by atoms with Gasteiger partial charge in [-0.25, -0.2) is 0 Å². The summed E-state index contributed by atoms with van der Waals surface area (Å²) in [5.74, 6) is 1.67. The highest BCUT2D eigenvalue weighted by Crippen LogP contribution is 2.33. The predicted molar refractivity (Wildman–Crippen MR) is 86.6 cm³/mol. The maximum atomic E-state index is 5.41. The molecule has 0 radical (unpaired) electrons. The number of hydrogen-bond acceptors (Lipinski definition) is 4. The number of nitrogens with zero attached hydrogens (tertiary/aromatic N) is 1. The number of hydrogen-bond donors (Lipinski definition) is 0. The molecule has 0 saturated carbocycles. The van der Waals surface area contributed by atoms with Crippen LogP contribution in [0.5, 0.6) is 11.5 Å². The average Bonchev–Trinajstić information content (AvgIpc) is 3.04. The summed E-state index contributed by atoms with van der Waals surface area (Å²) in [6.07, 6.45) is 2.21. The molecule has 1 aromatic carbocycles. The fourth-order valence-corrected chi connectivity index (χ4v) is 3.56. The van der Waals surface area contributed by atoms with Crippen molar-refractivity contribution in [3.63, 3.8) is 0 Å². The summed E-state index contributed by atoms with van der Waals surface area (Å²) in [4.78, 5) is 2.52. The molecule has 3 nitrogen and oxygen atoms in total. The standard InChI is InChI=1S/C17H21NO2S/c1-19-16-9-14-4-7-18(6-3-13-5-8-21-12-13)11-15(14)10-17(16)20-2/h5,8-10,12H,3-4,6-7,11H2,1-2H3. The molecule has 0 atom stereocenters. The molecule has 1 aromatic heterocycles. The van der Waals surface area contributed by atoms with Crippen LogP contribution in [0.2, 0.25) is 0 Å². The molecule has 0 saturated heterocycles. The molecule has 0 amide bonds. The van der Waals surface area contributed by atoms with E-state index in [4.69, 9.17) is 9.47 Å². The molecule has 1 aliphatic rings. The molecule has 0 spiro atoms. The smallest absolute Gasteiger partial charge is 0.161 e. The summed E-state index contributed by atoms with van der Waals surface area (Å²) in [5, 5.41) is 4.39. The molecule has 0 N–H and O–H groups in total. The fourth-order valence-electron chi connectivity index (χ4n) is 2.85. The molecule has 112 valence electrons. The number of methoxy groups -OCH3 is 2. The molecule has 3 rings (SSSR count). The summed E-state index contributed by atoms with van der Waals surface area (Å²) in [6.45, 7) is 3.23. The molecular weight excluding hydrogens is 282 g/mol. The minimum Gasteiger partial charge on any atom is -0.493 e. The second-order valence-electron chi connectivity index (χ2n) is 5.38. The highest BCUT2D eigenvalue weighted by molar-refractivity contribution is 7.07. The van der Waals surface area contributed by atoms with E-state index in [-0.39, 0.29) is 0 Å². The van der Waals surface area contributed by atoms with E-state index >= 15 is 0 Å². The van der Waals surface area contributed by atoms with Gasteiger partial charge in [-0.3, -0.25) is 4.90 Å². The lowest BCUT2D eigenvalue weighted by molar-refractivity contribution is 0.256. The van der Waals surface area contributed by atoms with Crippen molar-refractivity contribution in [2.75, 3.05) is 27.3 Å². The van der Waals surface area contributed by atoms with E-state index in [1.807, 2.05) is 0 Å². The van der Waals surface area contributed by atoms with Crippen molar-refractivity contribution in [1.29, 1.82) is 0 Å². The Morgan fingerprint density at radius 1 is 1.14 bits per heavy atom. The van der Waals surface area contributed by atoms with Crippen molar-refractivity contribution in [2.45, 2.75) is 19.4 Å². The summed E-state index contributed by atoms with van der Waals surface area (Å²) in [5.41, 5.74) is 4.20. The first-order valence-corrected chi connectivity index (χ1v) is 8.21. The molecule has 0 fully saturated rings. The Bertz CT molecular complexity index is 595. The molecule has 0 bridgehead atoms. The second kappa shape index (κ2) is 6.50. The first kappa shape index (κ1) is 14.4. The Balaban J connectivity index is 1.69. The van der Waals surface area contributed by atoms with Gasteiger partial charge >= 0.3 is 0 Å². The van der Waals surface area contributed by atoms with Crippen molar-refractivity contribution in [1.82, 2.24) is 4.90 Å². The Morgan fingerprint density at radius 2 is 1.90 bits per heavy atom. The van der Waals surface area contributed by atoms with Gasteiger partial charge in [-0.15, -0.1) is 0 Å². The zero-order chi connectivity index (χ0) is 14.7. The molecule has 1 aliphatic heterocycles. The van der Waals surface area contributed by atoms with Gasteiger partial charge in [-0.1, -0.05) is 0 Å². The monoisotopic (exact) mass is 303 g/mol. The summed E-state index contributed by atoms with van der Waals surface area (Å²) in [6, 6.07) is 6.48. The number of thiophene rings is 1. The molecule has 2 heterocycles. The van der Waals surface area contributed by atoms with Crippen molar-refractivity contribution >= 4 is 11.3 Å². The van der Waals surface area contributed by atoms with Gasteiger partial charge in [0.2, 0.25) is 0 Å². The number of fused-ring (bicyclic) bond motifs is 1. The molecular formula is C17H21NO2S. The van der Waals surface area contributed by atoms with Crippen LogP contribution < -0.4 is 9.47 Å². The maximum Gasteiger partial charge on any atom is 0.161 e. The van der Waals surface area contributed by atoms with E-state index in [1.54, 1.807) is 25.6 Å². The molecule has 4 heteroatoms. The molecule has 0 unspecified atom stereocenters. The van der Waals surface area contributed by atoms with Crippen LogP contribution in [0, 0.1) is 0 Å². The Labute approximate surface area is 130 Å². The van der Waals surface area contributed by atoms with Crippen LogP contribution in [0.3, 0.4) is 0 Å². The van der Waals surface area contributed by atoms with Gasteiger partial charge in [0.1, 0.15) is 0 Å². The summed E-state index contributed by atoms with van der Waals surface area (Å²) < 4.78 is 10.8. The van der Waals surface area contributed by atoms with E-state index in [1.165, 1.54) is 16.7 Å².